The lowest BCUT2D eigenvalue weighted by Gasteiger charge is -2.08. The molecule has 5 N–H and O–H groups in total. The highest BCUT2D eigenvalue weighted by Gasteiger charge is 2.12. The molecule has 0 saturated heterocycles. The second-order valence-electron chi connectivity index (χ2n) is 6.15. The fourth-order valence-corrected chi connectivity index (χ4v) is 2.88. The monoisotopic (exact) mass is 439 g/mol. The summed E-state index contributed by atoms with van der Waals surface area (Å²) >= 11 is 3.38. The summed E-state index contributed by atoms with van der Waals surface area (Å²) in [5.41, 5.74) is 13.7. The molecule has 3 rings (SSSR count). The molecular weight excluding hydrogens is 422 g/mol. The van der Waals surface area contributed by atoms with Crippen LogP contribution in [0.15, 0.2) is 59.2 Å². The SMILES string of the molecule is NC(=O)c1nc(Cc2cccc(C(=O)NCc3ccc(Br)cc3)c2)cnc1N. The normalized spacial score (nSPS) is 10.5. The molecule has 1 heterocycles. The van der Waals surface area contributed by atoms with Gasteiger partial charge in [0.2, 0.25) is 0 Å². The van der Waals surface area contributed by atoms with Crippen LogP contribution >= 0.6 is 15.9 Å². The van der Waals surface area contributed by atoms with Gasteiger partial charge in [-0.3, -0.25) is 9.59 Å². The van der Waals surface area contributed by atoms with Crippen molar-refractivity contribution in [2.75, 3.05) is 5.73 Å². The average molecular weight is 440 g/mol. The lowest BCUT2D eigenvalue weighted by atomic mass is 10.1. The van der Waals surface area contributed by atoms with Gasteiger partial charge in [-0.1, -0.05) is 40.2 Å². The third kappa shape index (κ3) is 4.92. The molecule has 142 valence electrons. The molecule has 8 heteroatoms. The smallest absolute Gasteiger partial charge is 0.271 e. The molecule has 0 spiro atoms. The van der Waals surface area contributed by atoms with Crippen LogP contribution in [0.3, 0.4) is 0 Å². The minimum atomic E-state index is -0.729. The fourth-order valence-electron chi connectivity index (χ4n) is 2.62. The minimum absolute atomic E-state index is 0.00248. The second kappa shape index (κ2) is 8.62. The molecule has 0 aliphatic rings. The van der Waals surface area contributed by atoms with E-state index >= 15 is 0 Å². The van der Waals surface area contributed by atoms with Crippen LogP contribution in [0, 0.1) is 0 Å². The summed E-state index contributed by atoms with van der Waals surface area (Å²) in [4.78, 5) is 31.9. The number of rotatable bonds is 6. The average Bonchev–Trinajstić information content (AvgIpc) is 2.69. The Balaban J connectivity index is 1.69. The number of halogens is 1. The summed E-state index contributed by atoms with van der Waals surface area (Å²) in [7, 11) is 0. The van der Waals surface area contributed by atoms with Crippen molar-refractivity contribution in [1.29, 1.82) is 0 Å². The maximum atomic E-state index is 12.5. The summed E-state index contributed by atoms with van der Waals surface area (Å²) in [5.74, 6) is -0.906. The number of carbonyl (C=O) groups is 2. The van der Waals surface area contributed by atoms with Crippen molar-refractivity contribution in [2.24, 2.45) is 5.73 Å². The van der Waals surface area contributed by atoms with Crippen LogP contribution < -0.4 is 16.8 Å². The Hall–Kier alpha value is -3.26. The zero-order valence-electron chi connectivity index (χ0n) is 14.9. The van der Waals surface area contributed by atoms with Gasteiger partial charge in [-0.15, -0.1) is 0 Å². The van der Waals surface area contributed by atoms with Gasteiger partial charge >= 0.3 is 0 Å². The highest BCUT2D eigenvalue weighted by Crippen LogP contribution is 2.13. The van der Waals surface area contributed by atoms with Crippen LogP contribution in [-0.2, 0) is 13.0 Å². The Morgan fingerprint density at radius 1 is 1.07 bits per heavy atom. The number of anilines is 1. The van der Waals surface area contributed by atoms with E-state index in [9.17, 15) is 9.59 Å². The van der Waals surface area contributed by atoms with Crippen LogP contribution in [0.1, 0.15) is 37.7 Å². The number of nitrogens with one attached hydrogen (secondary N) is 1. The molecule has 7 nitrogen and oxygen atoms in total. The number of nitrogens with two attached hydrogens (primary N) is 2. The molecule has 2 aromatic carbocycles. The van der Waals surface area contributed by atoms with Gasteiger partial charge in [-0.25, -0.2) is 9.97 Å². The first kappa shape index (κ1) is 19.5. The quantitative estimate of drug-likeness (QED) is 0.543. The fraction of sp³-hybridized carbons (Fsp3) is 0.100. The number of aromatic nitrogens is 2. The van der Waals surface area contributed by atoms with Crippen LogP contribution in [-0.4, -0.2) is 21.8 Å². The molecular formula is C20H18BrN5O2. The summed E-state index contributed by atoms with van der Waals surface area (Å²) < 4.78 is 0.987. The molecule has 3 aromatic rings. The maximum Gasteiger partial charge on any atom is 0.271 e. The van der Waals surface area contributed by atoms with Gasteiger partial charge in [0.05, 0.1) is 11.9 Å². The molecule has 0 bridgehead atoms. The van der Waals surface area contributed by atoms with Crippen molar-refractivity contribution >= 4 is 33.6 Å². The molecule has 1 aromatic heterocycles. The summed E-state index contributed by atoms with van der Waals surface area (Å²) in [6.45, 7) is 0.432. The number of hydrogen-bond acceptors (Lipinski definition) is 5. The van der Waals surface area contributed by atoms with Crippen LogP contribution in [0.4, 0.5) is 5.82 Å². The van der Waals surface area contributed by atoms with Gasteiger partial charge in [0.15, 0.2) is 11.5 Å². The van der Waals surface area contributed by atoms with E-state index < -0.39 is 5.91 Å². The molecule has 0 aliphatic carbocycles. The number of hydrogen-bond donors (Lipinski definition) is 3. The van der Waals surface area contributed by atoms with Crippen LogP contribution in [0.5, 0.6) is 0 Å². The summed E-state index contributed by atoms with van der Waals surface area (Å²) in [6.07, 6.45) is 1.88. The predicted octanol–water partition coefficient (Wildman–Crippen LogP) is 2.44. The van der Waals surface area contributed by atoms with E-state index in [-0.39, 0.29) is 17.4 Å². The zero-order chi connectivity index (χ0) is 20.1. The highest BCUT2D eigenvalue weighted by atomic mass is 79.9. The number of nitrogens with zero attached hydrogens (tertiary/aromatic N) is 2. The molecule has 28 heavy (non-hydrogen) atoms. The highest BCUT2D eigenvalue weighted by molar-refractivity contribution is 9.10. The second-order valence-corrected chi connectivity index (χ2v) is 7.06. The van der Waals surface area contributed by atoms with E-state index in [4.69, 9.17) is 11.5 Å². The Bertz CT molecular complexity index is 1020. The van der Waals surface area contributed by atoms with Crippen molar-refractivity contribution in [3.63, 3.8) is 0 Å². The summed E-state index contributed by atoms with van der Waals surface area (Å²) in [6, 6.07) is 14.9. The first-order valence-corrected chi connectivity index (χ1v) is 9.24. The molecule has 0 aliphatic heterocycles. The van der Waals surface area contributed by atoms with E-state index in [0.717, 1.165) is 15.6 Å². The molecule has 0 unspecified atom stereocenters. The van der Waals surface area contributed by atoms with E-state index in [1.807, 2.05) is 30.3 Å². The number of primary amides is 1. The van der Waals surface area contributed by atoms with Gasteiger partial charge in [-0.2, -0.15) is 0 Å². The standard InChI is InChI=1S/C20H18BrN5O2/c21-15-6-4-12(5-7-15)10-25-20(28)14-3-1-2-13(8-14)9-16-11-24-18(22)17(26-16)19(23)27/h1-8,11H,9-10H2,(H2,22,24)(H2,23,27)(H,25,28). The Morgan fingerprint density at radius 3 is 2.54 bits per heavy atom. The first-order valence-electron chi connectivity index (χ1n) is 8.45. The van der Waals surface area contributed by atoms with Gasteiger partial charge in [0.25, 0.3) is 11.8 Å². The number of benzene rings is 2. The van der Waals surface area contributed by atoms with E-state index in [1.165, 1.54) is 6.20 Å². The molecule has 0 atom stereocenters. The largest absolute Gasteiger partial charge is 0.382 e. The van der Waals surface area contributed by atoms with Crippen molar-refractivity contribution in [2.45, 2.75) is 13.0 Å². The molecule has 0 radical (unpaired) electrons. The van der Waals surface area contributed by atoms with E-state index in [2.05, 4.69) is 31.2 Å². The lowest BCUT2D eigenvalue weighted by Crippen LogP contribution is -2.22. The Morgan fingerprint density at radius 2 is 1.82 bits per heavy atom. The Kier molecular flexibility index (Phi) is 6.00. The van der Waals surface area contributed by atoms with Gasteiger partial charge in [0, 0.05) is 23.0 Å². The van der Waals surface area contributed by atoms with Gasteiger partial charge < -0.3 is 16.8 Å². The molecule has 0 fully saturated rings. The van der Waals surface area contributed by atoms with Crippen molar-refractivity contribution in [1.82, 2.24) is 15.3 Å². The van der Waals surface area contributed by atoms with E-state index in [0.29, 0.717) is 24.2 Å². The Labute approximate surface area is 170 Å². The topological polar surface area (TPSA) is 124 Å². The van der Waals surface area contributed by atoms with E-state index in [1.54, 1.807) is 18.2 Å². The van der Waals surface area contributed by atoms with Crippen LogP contribution in [0.25, 0.3) is 0 Å². The van der Waals surface area contributed by atoms with Crippen LogP contribution in [0.2, 0.25) is 0 Å². The minimum Gasteiger partial charge on any atom is -0.382 e. The molecule has 0 saturated carbocycles. The first-order chi connectivity index (χ1) is 13.4. The maximum absolute atomic E-state index is 12.5. The number of nitrogen functional groups attached to an aromatic ring is 1. The predicted molar refractivity (Wildman–Crippen MR) is 110 cm³/mol. The zero-order valence-corrected chi connectivity index (χ0v) is 16.4. The number of amides is 2. The van der Waals surface area contributed by atoms with Gasteiger partial charge in [0.1, 0.15) is 0 Å². The molecule has 2 amide bonds. The summed E-state index contributed by atoms with van der Waals surface area (Å²) in [5, 5.41) is 2.90. The van der Waals surface area contributed by atoms with Crippen molar-refractivity contribution in [3.8, 4) is 0 Å². The number of carbonyl (C=O) groups excluding carboxylic acids is 2. The van der Waals surface area contributed by atoms with Gasteiger partial charge in [-0.05, 0) is 35.4 Å². The lowest BCUT2D eigenvalue weighted by molar-refractivity contribution is 0.0949. The third-order valence-electron chi connectivity index (χ3n) is 4.02. The van der Waals surface area contributed by atoms with Crippen molar-refractivity contribution in [3.05, 3.63) is 87.3 Å². The third-order valence-corrected chi connectivity index (χ3v) is 4.55. The van der Waals surface area contributed by atoms with Crippen molar-refractivity contribution < 1.29 is 9.59 Å².